The van der Waals surface area contributed by atoms with Crippen LogP contribution in [0.25, 0.3) is 0 Å². The zero-order valence-corrected chi connectivity index (χ0v) is 11.7. The van der Waals surface area contributed by atoms with Gasteiger partial charge in [-0.3, -0.25) is 16.4 Å². The Hall–Kier alpha value is -2.17. The van der Waals surface area contributed by atoms with Crippen LogP contribution < -0.4 is 0 Å². The molecule has 3 aliphatic rings. The van der Waals surface area contributed by atoms with Gasteiger partial charge in [0.05, 0.1) is 0 Å². The first kappa shape index (κ1) is 12.8. The summed E-state index contributed by atoms with van der Waals surface area (Å²) in [5.41, 5.74) is 0.715. The maximum absolute atomic E-state index is 14.0. The van der Waals surface area contributed by atoms with Gasteiger partial charge in [-0.2, -0.15) is 10.5 Å². The van der Waals surface area contributed by atoms with E-state index in [1.807, 2.05) is 0 Å². The minimum Gasteiger partial charge on any atom is -0.260 e. The predicted molar refractivity (Wildman–Crippen MR) is 66.5 cm³/mol. The van der Waals surface area contributed by atoms with Crippen molar-refractivity contribution in [3.8, 4) is 12.1 Å². The molecule has 0 unspecified atom stereocenters. The Bertz CT molecular complexity index is 721. The van der Waals surface area contributed by atoms with Crippen LogP contribution in [0.2, 0.25) is 0 Å². The third-order valence-electron chi connectivity index (χ3n) is 3.39. The van der Waals surface area contributed by atoms with Crippen LogP contribution in [0.5, 0.6) is 0 Å². The molecule has 2 nitrogen and oxygen atoms in total. The van der Waals surface area contributed by atoms with Gasteiger partial charge in [-0.1, -0.05) is 12.2 Å². The summed E-state index contributed by atoms with van der Waals surface area (Å²) in [4.78, 5) is 0. The molecule has 98 valence electrons. The van der Waals surface area contributed by atoms with E-state index in [-0.39, 0.29) is 16.7 Å². The van der Waals surface area contributed by atoms with Gasteiger partial charge in [-0.25, -0.2) is 0 Å². The Balaban J connectivity index is 2.39. The molecule has 20 heavy (non-hydrogen) atoms. The number of allylic oxidation sites excluding steroid dienone is 8. The Labute approximate surface area is 113 Å². The maximum atomic E-state index is 14.0. The molecule has 0 bridgehead atoms. The number of nitrogens with zero attached hydrogens (tertiary/aromatic N) is 2. The molecule has 3 rings (SSSR count). The van der Waals surface area contributed by atoms with Gasteiger partial charge >= 0.3 is 17.5 Å². The van der Waals surface area contributed by atoms with Crippen LogP contribution >= 0.6 is 0 Å². The van der Waals surface area contributed by atoms with Crippen molar-refractivity contribution in [2.24, 2.45) is 0 Å². The van der Waals surface area contributed by atoms with E-state index in [0.29, 0.717) is 11.4 Å². The van der Waals surface area contributed by atoms with E-state index in [4.69, 9.17) is 10.5 Å². The molecule has 2 aliphatic heterocycles. The second-order valence-electron chi connectivity index (χ2n) is 4.46. The maximum Gasteiger partial charge on any atom is 0.481 e. The monoisotopic (exact) mass is 308 g/mol. The first-order valence-electron chi connectivity index (χ1n) is 5.52. The average molecular weight is 308 g/mol. The lowest BCUT2D eigenvalue weighted by Crippen LogP contribution is -2.31. The van der Waals surface area contributed by atoms with Crippen molar-refractivity contribution in [2.75, 3.05) is 0 Å². The number of halogens is 4. The molecule has 0 fully saturated rings. The van der Waals surface area contributed by atoms with Crippen molar-refractivity contribution in [1.29, 1.82) is 10.5 Å². The van der Waals surface area contributed by atoms with Crippen LogP contribution in [-0.4, -0.2) is 17.5 Å². The highest BCUT2D eigenvalue weighted by molar-refractivity contribution is 6.90. The summed E-state index contributed by atoms with van der Waals surface area (Å²) >= 11 is 0. The summed E-state index contributed by atoms with van der Waals surface area (Å²) in [6, 6.07) is 3.19. The molecule has 0 aromatic heterocycles. The van der Waals surface area contributed by atoms with Gasteiger partial charge in [0, 0.05) is 16.0 Å². The van der Waals surface area contributed by atoms with E-state index in [2.05, 4.69) is 0 Å². The first-order chi connectivity index (χ1) is 9.33. The number of fused-ring (bicyclic) bond motifs is 1. The number of hydrogen-bond donors (Lipinski definition) is 0. The predicted octanol–water partition coefficient (Wildman–Crippen LogP) is 3.00. The summed E-state index contributed by atoms with van der Waals surface area (Å²) in [6.07, 6.45) is 2.14. The van der Waals surface area contributed by atoms with Crippen molar-refractivity contribution < 1.29 is 16.4 Å². The molecule has 0 saturated carbocycles. The Morgan fingerprint density at radius 3 is 1.60 bits per heavy atom. The lowest BCUT2D eigenvalue weighted by molar-refractivity contribution is 0.630. The molecule has 0 aromatic carbocycles. The number of rotatable bonds is 0. The molecule has 0 spiro atoms. The van der Waals surface area contributed by atoms with Gasteiger partial charge in [-0.15, -0.1) is 0 Å². The van der Waals surface area contributed by atoms with Crippen molar-refractivity contribution in [3.05, 3.63) is 56.2 Å². The summed E-state index contributed by atoms with van der Waals surface area (Å²) < 4.78 is 55.8. The van der Waals surface area contributed by atoms with Crippen LogP contribution in [-0.2, 0) is 0 Å². The zero-order valence-electron chi connectivity index (χ0n) is 9.72. The summed E-state index contributed by atoms with van der Waals surface area (Å²) in [5.74, 6) is 0. The first-order valence-corrected chi connectivity index (χ1v) is 9.19. The third kappa shape index (κ3) is 1.40. The van der Waals surface area contributed by atoms with Gasteiger partial charge in [0.15, 0.2) is 0 Å². The molecule has 0 atom stereocenters. The minimum absolute atomic E-state index is 0.0677. The number of hydrogen-bond acceptors (Lipinski definition) is 2. The van der Waals surface area contributed by atoms with Gasteiger partial charge < -0.3 is 0 Å². The quantitative estimate of drug-likeness (QED) is 0.299. The van der Waals surface area contributed by atoms with E-state index in [0.717, 1.165) is 12.2 Å². The second kappa shape index (κ2) is 3.69. The van der Waals surface area contributed by atoms with Gasteiger partial charge in [-0.05, 0) is 22.5 Å². The Morgan fingerprint density at radius 2 is 1.25 bits per heavy atom. The average Bonchev–Trinajstić information content (AvgIpc) is 2.95. The fourth-order valence-corrected chi connectivity index (χ4v) is 6.80. The van der Waals surface area contributed by atoms with E-state index in [1.54, 1.807) is 12.1 Å². The molecule has 0 radical (unpaired) electrons. The van der Waals surface area contributed by atoms with Gasteiger partial charge in [0.2, 0.25) is 0 Å². The van der Waals surface area contributed by atoms with Gasteiger partial charge in [0.1, 0.15) is 17.7 Å². The summed E-state index contributed by atoms with van der Waals surface area (Å²) in [7, 11) is -10.1. The SMILES string of the molecule is N#CC(C#N)=C1C2=C(C3=C1C=C[Si]3(F)F)[Si](F)(F)C=C2. The summed E-state index contributed by atoms with van der Waals surface area (Å²) in [5, 5.41) is 16.6. The van der Waals surface area contributed by atoms with Crippen molar-refractivity contribution >= 4 is 17.5 Å². The van der Waals surface area contributed by atoms with Crippen molar-refractivity contribution in [1.82, 2.24) is 0 Å². The molecule has 0 aromatic rings. The molecule has 8 heteroatoms. The highest BCUT2D eigenvalue weighted by Gasteiger charge is 2.59. The van der Waals surface area contributed by atoms with Crippen LogP contribution in [0.3, 0.4) is 0 Å². The highest BCUT2D eigenvalue weighted by Crippen LogP contribution is 2.54. The molecular formula is C12H4F4N2Si2. The Morgan fingerprint density at radius 1 is 0.850 bits per heavy atom. The standard InChI is InChI=1S/C12H4F4N2Si2/c13-19(14)3-1-8-10(7(5-17)6-18)9-2-4-20(15,16)12(9)11(8)19/h1-4H. The lowest BCUT2D eigenvalue weighted by atomic mass is 9.98. The van der Waals surface area contributed by atoms with Crippen LogP contribution in [0.1, 0.15) is 0 Å². The Kier molecular flexibility index (Phi) is 2.37. The largest absolute Gasteiger partial charge is 0.481 e. The van der Waals surface area contributed by atoms with Crippen LogP contribution in [0.15, 0.2) is 56.2 Å². The van der Waals surface area contributed by atoms with E-state index < -0.39 is 33.4 Å². The molecule has 0 saturated heterocycles. The zero-order chi connectivity index (χ0) is 14.7. The molecule has 1 aliphatic carbocycles. The van der Waals surface area contributed by atoms with E-state index in [1.165, 1.54) is 0 Å². The fourth-order valence-electron chi connectivity index (χ4n) is 2.64. The number of nitriles is 2. The fraction of sp³-hybridized carbons (Fsp3) is 0. The normalized spacial score (nSPS) is 23.8. The summed E-state index contributed by atoms with van der Waals surface area (Å²) in [6.45, 7) is 0. The van der Waals surface area contributed by atoms with E-state index in [9.17, 15) is 16.4 Å². The smallest absolute Gasteiger partial charge is 0.260 e. The van der Waals surface area contributed by atoms with Crippen LogP contribution in [0.4, 0.5) is 16.4 Å². The topological polar surface area (TPSA) is 47.6 Å². The molecule has 2 heterocycles. The minimum atomic E-state index is -5.06. The molecule has 0 N–H and O–H groups in total. The van der Waals surface area contributed by atoms with Crippen LogP contribution in [0, 0.1) is 22.7 Å². The second-order valence-corrected chi connectivity index (χ2v) is 8.62. The molecule has 0 amide bonds. The molecular weight excluding hydrogens is 304 g/mol. The van der Waals surface area contributed by atoms with E-state index >= 15 is 0 Å². The van der Waals surface area contributed by atoms with Crippen molar-refractivity contribution in [3.63, 3.8) is 0 Å². The lowest BCUT2D eigenvalue weighted by Gasteiger charge is -2.14. The van der Waals surface area contributed by atoms with Gasteiger partial charge in [0.25, 0.3) is 0 Å². The highest BCUT2D eigenvalue weighted by atomic mass is 28.4. The third-order valence-corrected chi connectivity index (χ3v) is 7.18. The van der Waals surface area contributed by atoms with Crippen molar-refractivity contribution in [2.45, 2.75) is 0 Å².